The fourth-order valence-electron chi connectivity index (χ4n) is 1.52. The van der Waals surface area contributed by atoms with Crippen molar-refractivity contribution in [1.29, 1.82) is 0 Å². The molecule has 19 heavy (non-hydrogen) atoms. The highest BCUT2D eigenvalue weighted by Crippen LogP contribution is 2.23. The highest BCUT2D eigenvalue weighted by Gasteiger charge is 2.08. The number of ether oxygens (including phenoxy) is 1. The molecular formula is C13H20Cl2N2O2. The number of carbonyl (C=O) groups is 1. The van der Waals surface area contributed by atoms with E-state index in [0.29, 0.717) is 24.6 Å². The van der Waals surface area contributed by atoms with E-state index < -0.39 is 6.04 Å². The van der Waals surface area contributed by atoms with Gasteiger partial charge in [-0.3, -0.25) is 4.79 Å². The zero-order valence-electron chi connectivity index (χ0n) is 11.1. The lowest BCUT2D eigenvalue weighted by Crippen LogP contribution is -2.39. The summed E-state index contributed by atoms with van der Waals surface area (Å²) in [5, 5.41) is 3.42. The highest BCUT2D eigenvalue weighted by atomic mass is 35.5. The smallest absolute Gasteiger partial charge is 0.236 e. The van der Waals surface area contributed by atoms with Gasteiger partial charge in [-0.25, -0.2) is 0 Å². The Morgan fingerprint density at radius 2 is 2.21 bits per heavy atom. The second kappa shape index (κ2) is 9.02. The van der Waals surface area contributed by atoms with Crippen LogP contribution in [-0.2, 0) is 11.2 Å². The largest absolute Gasteiger partial charge is 0.494 e. The third-order valence-corrected chi connectivity index (χ3v) is 2.66. The third-order valence-electron chi connectivity index (χ3n) is 2.43. The summed E-state index contributed by atoms with van der Waals surface area (Å²) in [7, 11) is 0. The first-order valence-corrected chi connectivity index (χ1v) is 6.37. The molecule has 1 aromatic rings. The van der Waals surface area contributed by atoms with Crippen LogP contribution < -0.4 is 15.8 Å². The van der Waals surface area contributed by atoms with E-state index in [1.807, 2.05) is 19.1 Å². The summed E-state index contributed by atoms with van der Waals surface area (Å²) in [4.78, 5) is 11.3. The summed E-state index contributed by atoms with van der Waals surface area (Å²) in [6.45, 7) is 4.69. The Balaban J connectivity index is 0.00000324. The zero-order chi connectivity index (χ0) is 13.5. The van der Waals surface area contributed by atoms with E-state index in [-0.39, 0.29) is 18.3 Å². The van der Waals surface area contributed by atoms with Crippen molar-refractivity contribution in [2.75, 3.05) is 13.2 Å². The monoisotopic (exact) mass is 306 g/mol. The van der Waals surface area contributed by atoms with Crippen LogP contribution in [0, 0.1) is 0 Å². The van der Waals surface area contributed by atoms with E-state index in [0.717, 1.165) is 11.3 Å². The first-order valence-electron chi connectivity index (χ1n) is 5.99. The standard InChI is InChI=1S/C13H19ClN2O2.ClH/c1-3-18-12-5-4-11(14)8-10(12)6-7-16-13(17)9(2)15;/h4-5,8-9H,3,6-7,15H2,1-2H3,(H,16,17);1H. The minimum atomic E-state index is -0.490. The molecular weight excluding hydrogens is 287 g/mol. The maximum Gasteiger partial charge on any atom is 0.236 e. The Bertz CT molecular complexity index is 412. The van der Waals surface area contributed by atoms with Gasteiger partial charge < -0.3 is 15.8 Å². The van der Waals surface area contributed by atoms with Gasteiger partial charge in [-0.05, 0) is 44.0 Å². The van der Waals surface area contributed by atoms with E-state index in [9.17, 15) is 4.79 Å². The van der Waals surface area contributed by atoms with Gasteiger partial charge >= 0.3 is 0 Å². The molecule has 0 radical (unpaired) electrons. The average molecular weight is 307 g/mol. The molecule has 0 aliphatic carbocycles. The van der Waals surface area contributed by atoms with E-state index in [4.69, 9.17) is 22.1 Å². The van der Waals surface area contributed by atoms with E-state index in [2.05, 4.69) is 5.32 Å². The Morgan fingerprint density at radius 1 is 1.53 bits per heavy atom. The lowest BCUT2D eigenvalue weighted by molar-refractivity contribution is -0.121. The Hall–Kier alpha value is -0.970. The van der Waals surface area contributed by atoms with Crippen LogP contribution in [0.4, 0.5) is 0 Å². The fraction of sp³-hybridized carbons (Fsp3) is 0.462. The summed E-state index contributed by atoms with van der Waals surface area (Å²) in [5.41, 5.74) is 6.44. The quantitative estimate of drug-likeness (QED) is 0.846. The van der Waals surface area contributed by atoms with Gasteiger partial charge in [0.15, 0.2) is 0 Å². The molecule has 1 aromatic carbocycles. The minimum Gasteiger partial charge on any atom is -0.494 e. The van der Waals surface area contributed by atoms with Gasteiger partial charge in [0.1, 0.15) is 5.75 Å². The van der Waals surface area contributed by atoms with Gasteiger partial charge in [0.2, 0.25) is 5.91 Å². The number of carbonyl (C=O) groups excluding carboxylic acids is 1. The van der Waals surface area contributed by atoms with Gasteiger partial charge in [0.25, 0.3) is 0 Å². The van der Waals surface area contributed by atoms with Crippen molar-refractivity contribution in [2.45, 2.75) is 26.3 Å². The van der Waals surface area contributed by atoms with Crippen molar-refractivity contribution >= 4 is 29.9 Å². The lowest BCUT2D eigenvalue weighted by atomic mass is 10.1. The number of hydrogen-bond donors (Lipinski definition) is 2. The summed E-state index contributed by atoms with van der Waals surface area (Å²) in [6.07, 6.45) is 0.661. The van der Waals surface area contributed by atoms with Crippen molar-refractivity contribution in [3.05, 3.63) is 28.8 Å². The molecule has 0 fully saturated rings. The first-order chi connectivity index (χ1) is 8.54. The second-order valence-electron chi connectivity index (χ2n) is 4.01. The van der Waals surface area contributed by atoms with E-state index in [1.165, 1.54) is 0 Å². The van der Waals surface area contributed by atoms with Crippen LogP contribution in [-0.4, -0.2) is 25.1 Å². The summed E-state index contributed by atoms with van der Waals surface area (Å²) >= 11 is 5.95. The van der Waals surface area contributed by atoms with Gasteiger partial charge in [-0.1, -0.05) is 11.6 Å². The average Bonchev–Trinajstić information content (AvgIpc) is 2.32. The molecule has 0 spiro atoms. The highest BCUT2D eigenvalue weighted by molar-refractivity contribution is 6.30. The van der Waals surface area contributed by atoms with Crippen LogP contribution in [0.1, 0.15) is 19.4 Å². The minimum absolute atomic E-state index is 0. The number of rotatable bonds is 6. The molecule has 1 amide bonds. The fourth-order valence-corrected chi connectivity index (χ4v) is 1.72. The van der Waals surface area contributed by atoms with Crippen LogP contribution in [0.25, 0.3) is 0 Å². The topological polar surface area (TPSA) is 64.3 Å². The summed E-state index contributed by atoms with van der Waals surface area (Å²) in [5.74, 6) is 0.645. The number of hydrogen-bond acceptors (Lipinski definition) is 3. The van der Waals surface area contributed by atoms with Crippen LogP contribution >= 0.6 is 24.0 Å². The summed E-state index contributed by atoms with van der Waals surface area (Å²) in [6, 6.07) is 4.99. The molecule has 0 aromatic heterocycles. The maximum absolute atomic E-state index is 11.3. The van der Waals surface area contributed by atoms with Crippen molar-refractivity contribution in [3.8, 4) is 5.75 Å². The Morgan fingerprint density at radius 3 is 2.79 bits per heavy atom. The number of nitrogens with one attached hydrogen (secondary N) is 1. The molecule has 0 aliphatic heterocycles. The molecule has 0 saturated carbocycles. The normalized spacial score (nSPS) is 11.4. The molecule has 6 heteroatoms. The van der Waals surface area contributed by atoms with Gasteiger partial charge in [0, 0.05) is 11.6 Å². The predicted molar refractivity (Wildman–Crippen MR) is 80.2 cm³/mol. The lowest BCUT2D eigenvalue weighted by Gasteiger charge is -2.12. The zero-order valence-corrected chi connectivity index (χ0v) is 12.7. The second-order valence-corrected chi connectivity index (χ2v) is 4.45. The number of benzene rings is 1. The number of halogens is 2. The first kappa shape index (κ1) is 18.0. The Kier molecular flexibility index (Phi) is 8.56. The van der Waals surface area contributed by atoms with E-state index in [1.54, 1.807) is 13.0 Å². The molecule has 0 aliphatic rings. The van der Waals surface area contributed by atoms with Crippen molar-refractivity contribution in [3.63, 3.8) is 0 Å². The van der Waals surface area contributed by atoms with Crippen LogP contribution in [0.15, 0.2) is 18.2 Å². The van der Waals surface area contributed by atoms with Crippen LogP contribution in [0.3, 0.4) is 0 Å². The van der Waals surface area contributed by atoms with E-state index >= 15 is 0 Å². The SMILES string of the molecule is CCOc1ccc(Cl)cc1CCNC(=O)C(C)N.Cl. The molecule has 0 heterocycles. The molecule has 3 N–H and O–H groups in total. The predicted octanol–water partition coefficient (Wildman–Crippen LogP) is 2.17. The molecule has 108 valence electrons. The number of nitrogens with two attached hydrogens (primary N) is 1. The van der Waals surface area contributed by atoms with Gasteiger partial charge in [-0.15, -0.1) is 12.4 Å². The van der Waals surface area contributed by atoms with Crippen LogP contribution in [0.5, 0.6) is 5.75 Å². The molecule has 0 bridgehead atoms. The van der Waals surface area contributed by atoms with Crippen LogP contribution in [0.2, 0.25) is 5.02 Å². The van der Waals surface area contributed by atoms with Gasteiger partial charge in [-0.2, -0.15) is 0 Å². The molecule has 1 atom stereocenters. The maximum atomic E-state index is 11.3. The van der Waals surface area contributed by atoms with Crippen molar-refractivity contribution in [1.82, 2.24) is 5.32 Å². The molecule has 1 rings (SSSR count). The Labute approximate surface area is 125 Å². The molecule has 0 saturated heterocycles. The third kappa shape index (κ3) is 6.14. The van der Waals surface area contributed by atoms with Crippen molar-refractivity contribution in [2.24, 2.45) is 5.73 Å². The molecule has 1 unspecified atom stereocenters. The van der Waals surface area contributed by atoms with Gasteiger partial charge in [0.05, 0.1) is 12.6 Å². The summed E-state index contributed by atoms with van der Waals surface area (Å²) < 4.78 is 5.50. The number of amides is 1. The van der Waals surface area contributed by atoms with Crippen molar-refractivity contribution < 1.29 is 9.53 Å². The molecule has 4 nitrogen and oxygen atoms in total.